The van der Waals surface area contributed by atoms with Crippen molar-refractivity contribution in [1.82, 2.24) is 20.2 Å². The highest BCUT2D eigenvalue weighted by Crippen LogP contribution is 2.17. The molecular formula is C13H10BrN5OS. The average Bonchev–Trinajstić information content (AvgIpc) is 3.12. The van der Waals surface area contributed by atoms with Crippen LogP contribution in [0.1, 0.15) is 0 Å². The Kier molecular flexibility index (Phi) is 4.07. The molecule has 0 radical (unpaired) electrons. The molecule has 0 bridgehead atoms. The first-order chi connectivity index (χ1) is 10.2. The number of tetrazole rings is 1. The summed E-state index contributed by atoms with van der Waals surface area (Å²) in [6.45, 7) is 0.0210. The minimum atomic E-state index is -0.202. The Morgan fingerprint density at radius 3 is 2.81 bits per heavy atom. The van der Waals surface area contributed by atoms with Gasteiger partial charge in [0.1, 0.15) is 6.54 Å². The molecule has 0 fully saturated rings. The molecule has 2 heterocycles. The first kappa shape index (κ1) is 13.9. The van der Waals surface area contributed by atoms with Crippen molar-refractivity contribution >= 4 is 38.9 Å². The molecule has 1 aromatic carbocycles. The number of carbonyl (C=O) groups excluding carboxylic acids is 1. The number of anilines is 1. The number of benzene rings is 1. The van der Waals surface area contributed by atoms with Crippen molar-refractivity contribution in [2.24, 2.45) is 0 Å². The van der Waals surface area contributed by atoms with Gasteiger partial charge in [-0.3, -0.25) is 4.79 Å². The highest BCUT2D eigenvalue weighted by molar-refractivity contribution is 9.10. The summed E-state index contributed by atoms with van der Waals surface area (Å²) in [5.74, 6) is 0.319. The quantitative estimate of drug-likeness (QED) is 0.773. The van der Waals surface area contributed by atoms with E-state index in [1.54, 1.807) is 11.3 Å². The summed E-state index contributed by atoms with van der Waals surface area (Å²) in [6.07, 6.45) is 0. The maximum absolute atomic E-state index is 11.9. The second-order valence-corrected chi connectivity index (χ2v) is 5.91. The van der Waals surface area contributed by atoms with E-state index in [1.807, 2.05) is 41.1 Å². The lowest BCUT2D eigenvalue weighted by molar-refractivity contribution is -0.117. The van der Waals surface area contributed by atoms with Crippen LogP contribution in [0.3, 0.4) is 0 Å². The molecule has 0 atom stereocenters. The molecule has 8 heteroatoms. The third-order valence-corrected chi connectivity index (χ3v) is 3.86. The third kappa shape index (κ3) is 3.53. The van der Waals surface area contributed by atoms with Crippen LogP contribution in [0.5, 0.6) is 0 Å². The molecule has 0 saturated heterocycles. The highest BCUT2D eigenvalue weighted by Gasteiger charge is 2.09. The summed E-state index contributed by atoms with van der Waals surface area (Å²) in [6, 6.07) is 9.25. The number of nitrogens with zero attached hydrogens (tertiary/aromatic N) is 4. The number of rotatable bonds is 4. The standard InChI is InChI=1S/C13H10BrN5OS/c14-10-1-3-11(4-2-10)15-12(20)7-19-17-13(16-18-19)9-5-6-21-8-9/h1-6,8H,7H2,(H,15,20). The van der Waals surface area contributed by atoms with Gasteiger partial charge in [-0.25, -0.2) is 0 Å². The minimum Gasteiger partial charge on any atom is -0.324 e. The van der Waals surface area contributed by atoms with Crippen LogP contribution in [0.15, 0.2) is 45.6 Å². The molecular weight excluding hydrogens is 354 g/mol. The predicted octanol–water partition coefficient (Wildman–Crippen LogP) is 2.80. The van der Waals surface area contributed by atoms with Crippen LogP contribution >= 0.6 is 27.3 Å². The molecule has 3 rings (SSSR count). The molecule has 0 aliphatic carbocycles. The normalized spacial score (nSPS) is 10.5. The molecule has 106 valence electrons. The topological polar surface area (TPSA) is 72.7 Å². The Hall–Kier alpha value is -2.06. The van der Waals surface area contributed by atoms with E-state index in [2.05, 4.69) is 36.7 Å². The van der Waals surface area contributed by atoms with Crippen molar-refractivity contribution < 1.29 is 4.79 Å². The van der Waals surface area contributed by atoms with Gasteiger partial charge in [-0.15, -0.1) is 10.2 Å². The van der Waals surface area contributed by atoms with Crippen molar-refractivity contribution in [3.8, 4) is 11.4 Å². The van der Waals surface area contributed by atoms with E-state index in [-0.39, 0.29) is 12.5 Å². The van der Waals surface area contributed by atoms with E-state index in [0.717, 1.165) is 15.7 Å². The zero-order valence-corrected chi connectivity index (χ0v) is 13.1. The van der Waals surface area contributed by atoms with Crippen molar-refractivity contribution in [2.45, 2.75) is 6.54 Å². The van der Waals surface area contributed by atoms with Crippen LogP contribution in [0, 0.1) is 0 Å². The van der Waals surface area contributed by atoms with Gasteiger partial charge in [-0.1, -0.05) is 15.9 Å². The zero-order chi connectivity index (χ0) is 14.7. The third-order valence-electron chi connectivity index (χ3n) is 2.65. The van der Waals surface area contributed by atoms with Crippen LogP contribution < -0.4 is 5.32 Å². The number of aromatic nitrogens is 4. The first-order valence-electron chi connectivity index (χ1n) is 6.06. The smallest absolute Gasteiger partial charge is 0.248 e. The number of thiophene rings is 1. The summed E-state index contributed by atoms with van der Waals surface area (Å²) in [4.78, 5) is 13.2. The molecule has 0 aliphatic heterocycles. The van der Waals surface area contributed by atoms with E-state index in [9.17, 15) is 4.79 Å². The summed E-state index contributed by atoms with van der Waals surface area (Å²) in [7, 11) is 0. The maximum atomic E-state index is 11.9. The fourth-order valence-electron chi connectivity index (χ4n) is 1.68. The van der Waals surface area contributed by atoms with E-state index in [4.69, 9.17) is 0 Å². The van der Waals surface area contributed by atoms with Crippen LogP contribution in [-0.4, -0.2) is 26.1 Å². The van der Waals surface area contributed by atoms with Crippen LogP contribution in [0.4, 0.5) is 5.69 Å². The molecule has 0 saturated carbocycles. The van der Waals surface area contributed by atoms with Gasteiger partial charge >= 0.3 is 0 Å². The van der Waals surface area contributed by atoms with Gasteiger partial charge in [0.15, 0.2) is 0 Å². The molecule has 1 amide bonds. The van der Waals surface area contributed by atoms with Crippen LogP contribution in [0.2, 0.25) is 0 Å². The minimum absolute atomic E-state index is 0.0210. The van der Waals surface area contributed by atoms with Crippen molar-refractivity contribution in [3.63, 3.8) is 0 Å². The first-order valence-corrected chi connectivity index (χ1v) is 7.80. The Morgan fingerprint density at radius 2 is 2.10 bits per heavy atom. The van der Waals surface area contributed by atoms with Gasteiger partial charge in [0.2, 0.25) is 11.7 Å². The molecule has 21 heavy (non-hydrogen) atoms. The Balaban J connectivity index is 1.64. The molecule has 0 aliphatic rings. The van der Waals surface area contributed by atoms with Crippen molar-refractivity contribution in [1.29, 1.82) is 0 Å². The van der Waals surface area contributed by atoms with Crippen molar-refractivity contribution in [3.05, 3.63) is 45.6 Å². The van der Waals surface area contributed by atoms with Gasteiger partial charge in [-0.05, 0) is 40.9 Å². The lowest BCUT2D eigenvalue weighted by Crippen LogP contribution is -2.20. The number of carbonyl (C=O) groups is 1. The van der Waals surface area contributed by atoms with Gasteiger partial charge < -0.3 is 5.32 Å². The maximum Gasteiger partial charge on any atom is 0.248 e. The summed E-state index contributed by atoms with van der Waals surface area (Å²) in [5.41, 5.74) is 1.63. The Bertz CT molecular complexity index is 738. The van der Waals surface area contributed by atoms with Crippen LogP contribution in [0.25, 0.3) is 11.4 Å². The molecule has 3 aromatic rings. The fraction of sp³-hybridized carbons (Fsp3) is 0.0769. The van der Waals surface area contributed by atoms with Crippen LogP contribution in [-0.2, 0) is 11.3 Å². The average molecular weight is 364 g/mol. The number of nitrogens with one attached hydrogen (secondary N) is 1. The van der Waals surface area contributed by atoms with E-state index in [0.29, 0.717) is 5.82 Å². The van der Waals surface area contributed by atoms with Gasteiger partial charge in [0, 0.05) is 21.1 Å². The number of hydrogen-bond donors (Lipinski definition) is 1. The van der Waals surface area contributed by atoms with Gasteiger partial charge in [0.05, 0.1) is 0 Å². The van der Waals surface area contributed by atoms with E-state index >= 15 is 0 Å². The second kappa shape index (κ2) is 6.15. The number of amides is 1. The zero-order valence-electron chi connectivity index (χ0n) is 10.7. The molecule has 6 nitrogen and oxygen atoms in total. The summed E-state index contributed by atoms with van der Waals surface area (Å²) in [5, 5.41) is 18.6. The van der Waals surface area contributed by atoms with Gasteiger partial charge in [-0.2, -0.15) is 16.1 Å². The molecule has 0 spiro atoms. The fourth-order valence-corrected chi connectivity index (χ4v) is 2.58. The van der Waals surface area contributed by atoms with Gasteiger partial charge in [0.25, 0.3) is 0 Å². The summed E-state index contributed by atoms with van der Waals surface area (Å²) < 4.78 is 0.957. The van der Waals surface area contributed by atoms with E-state index < -0.39 is 0 Å². The SMILES string of the molecule is O=C(Cn1nnc(-c2ccsc2)n1)Nc1ccc(Br)cc1. The molecule has 1 N–H and O–H groups in total. The van der Waals surface area contributed by atoms with E-state index in [1.165, 1.54) is 4.80 Å². The molecule has 0 unspecified atom stereocenters. The second-order valence-electron chi connectivity index (χ2n) is 4.21. The lowest BCUT2D eigenvalue weighted by Gasteiger charge is -2.04. The Labute approximate surface area is 132 Å². The largest absolute Gasteiger partial charge is 0.324 e. The lowest BCUT2D eigenvalue weighted by atomic mass is 10.3. The summed E-state index contributed by atoms with van der Waals surface area (Å²) >= 11 is 4.90. The Morgan fingerprint density at radius 1 is 1.29 bits per heavy atom. The van der Waals surface area contributed by atoms with Crippen molar-refractivity contribution in [2.75, 3.05) is 5.32 Å². The molecule has 2 aromatic heterocycles. The number of halogens is 1. The predicted molar refractivity (Wildman–Crippen MR) is 83.9 cm³/mol. The highest BCUT2D eigenvalue weighted by atomic mass is 79.9. The monoisotopic (exact) mass is 363 g/mol. The number of hydrogen-bond acceptors (Lipinski definition) is 5.